The molecular formula is C19H22ClN3O3S. The Kier molecular flexibility index (Phi) is 7.82. The normalized spacial score (nSPS) is 11.3. The van der Waals surface area contributed by atoms with Crippen molar-refractivity contribution in [2.75, 3.05) is 6.54 Å². The van der Waals surface area contributed by atoms with Crippen molar-refractivity contribution in [2.24, 2.45) is 5.10 Å². The topological polar surface area (TPSA) is 86.9 Å². The molecule has 0 bridgehead atoms. The third kappa shape index (κ3) is 7.03. The van der Waals surface area contributed by atoms with E-state index in [4.69, 9.17) is 33.3 Å². The number of nitrogens with one attached hydrogen (secondary N) is 2. The number of aliphatic carboxylic acids is 1. The van der Waals surface area contributed by atoms with Crippen LogP contribution in [0.25, 0.3) is 0 Å². The van der Waals surface area contributed by atoms with Crippen molar-refractivity contribution >= 4 is 40.6 Å². The van der Waals surface area contributed by atoms with Crippen LogP contribution in [0.2, 0.25) is 5.02 Å². The van der Waals surface area contributed by atoms with Crippen LogP contribution >= 0.6 is 23.8 Å². The quantitative estimate of drug-likeness (QED) is 0.351. The minimum atomic E-state index is -0.854. The minimum absolute atomic E-state index is 0.0302. The Morgan fingerprint density at radius 3 is 2.67 bits per heavy atom. The van der Waals surface area contributed by atoms with Crippen molar-refractivity contribution in [3.05, 3.63) is 58.0 Å². The lowest BCUT2D eigenvalue weighted by Crippen LogP contribution is -2.34. The highest BCUT2D eigenvalue weighted by atomic mass is 35.5. The number of hydrogen-bond acceptors (Lipinski definition) is 4. The number of nitrogens with zero attached hydrogens (tertiary/aromatic N) is 1. The molecule has 144 valence electrons. The fourth-order valence-corrected chi connectivity index (χ4v) is 2.74. The van der Waals surface area contributed by atoms with E-state index in [1.165, 1.54) is 0 Å². The summed E-state index contributed by atoms with van der Waals surface area (Å²) in [5, 5.41) is 17.3. The Labute approximate surface area is 168 Å². The molecule has 0 saturated heterocycles. The molecule has 0 fully saturated rings. The fraction of sp³-hybridized carbons (Fsp3) is 0.316. The van der Waals surface area contributed by atoms with E-state index in [0.717, 1.165) is 22.6 Å². The van der Waals surface area contributed by atoms with Gasteiger partial charge in [-0.2, -0.15) is 5.10 Å². The molecule has 0 unspecified atom stereocenters. The second-order valence-electron chi connectivity index (χ2n) is 6.02. The van der Waals surface area contributed by atoms with Crippen molar-refractivity contribution in [2.45, 2.75) is 33.1 Å². The number of carboxylic acid groups (broad SMARTS) is 1. The molecule has 6 nitrogen and oxygen atoms in total. The van der Waals surface area contributed by atoms with Crippen LogP contribution in [-0.4, -0.2) is 28.4 Å². The summed E-state index contributed by atoms with van der Waals surface area (Å²) in [5.41, 5.74) is 5.51. The monoisotopic (exact) mass is 407 g/mol. The third-order valence-corrected chi connectivity index (χ3v) is 4.37. The molecule has 2 rings (SSSR count). The molecule has 0 radical (unpaired) electrons. The fourth-order valence-electron chi connectivity index (χ4n) is 2.46. The van der Waals surface area contributed by atoms with Gasteiger partial charge in [-0.1, -0.05) is 23.7 Å². The standard InChI is InChI=1S/C19H22ClN3O3S/c1-12(17-11-16(26-13(17)2)7-8-18(24)25)22-23-19(27)21-10-9-14-3-5-15(20)6-4-14/h3-6,11H,7-10H2,1-2H3,(H,24,25)(H2,21,23,27)/b22-12-. The van der Waals surface area contributed by atoms with Crippen LogP contribution in [-0.2, 0) is 17.6 Å². The number of carboxylic acids is 1. The van der Waals surface area contributed by atoms with Gasteiger partial charge in [-0.25, -0.2) is 0 Å². The Morgan fingerprint density at radius 2 is 2.00 bits per heavy atom. The van der Waals surface area contributed by atoms with Crippen LogP contribution < -0.4 is 10.7 Å². The summed E-state index contributed by atoms with van der Waals surface area (Å²) in [6.45, 7) is 4.33. The number of halogens is 1. The van der Waals surface area contributed by atoms with Gasteiger partial charge in [0.25, 0.3) is 0 Å². The third-order valence-electron chi connectivity index (χ3n) is 3.88. The van der Waals surface area contributed by atoms with Crippen LogP contribution in [0.15, 0.2) is 39.9 Å². The number of carbonyl (C=O) groups is 1. The maximum atomic E-state index is 10.7. The van der Waals surface area contributed by atoms with Gasteiger partial charge >= 0.3 is 5.97 Å². The summed E-state index contributed by atoms with van der Waals surface area (Å²) in [4.78, 5) is 10.7. The van der Waals surface area contributed by atoms with Gasteiger partial charge in [0, 0.05) is 23.6 Å². The molecule has 0 aliphatic heterocycles. The number of hydrogen-bond donors (Lipinski definition) is 3. The summed E-state index contributed by atoms with van der Waals surface area (Å²) < 4.78 is 5.59. The van der Waals surface area contributed by atoms with Crippen molar-refractivity contribution in [3.63, 3.8) is 0 Å². The molecule has 0 saturated carbocycles. The first-order valence-electron chi connectivity index (χ1n) is 8.49. The molecule has 2 aromatic rings. The molecule has 0 spiro atoms. The highest BCUT2D eigenvalue weighted by molar-refractivity contribution is 7.80. The number of thiocarbonyl (C=S) groups is 1. The highest BCUT2D eigenvalue weighted by Crippen LogP contribution is 2.17. The second-order valence-corrected chi connectivity index (χ2v) is 6.86. The van der Waals surface area contributed by atoms with Crippen LogP contribution in [0.3, 0.4) is 0 Å². The van der Waals surface area contributed by atoms with Crippen LogP contribution in [0.1, 0.15) is 36.0 Å². The highest BCUT2D eigenvalue weighted by Gasteiger charge is 2.11. The van der Waals surface area contributed by atoms with Crippen molar-refractivity contribution in [1.29, 1.82) is 0 Å². The van der Waals surface area contributed by atoms with Gasteiger partial charge in [-0.3, -0.25) is 10.2 Å². The van der Waals surface area contributed by atoms with Crippen LogP contribution in [0.5, 0.6) is 0 Å². The first kappa shape index (κ1) is 20.9. The van der Waals surface area contributed by atoms with E-state index in [1.54, 1.807) is 0 Å². The summed E-state index contributed by atoms with van der Waals surface area (Å²) in [7, 11) is 0. The number of furan rings is 1. The summed E-state index contributed by atoms with van der Waals surface area (Å²) >= 11 is 11.1. The molecule has 27 heavy (non-hydrogen) atoms. The van der Waals surface area contributed by atoms with Gasteiger partial charge in [-0.05, 0) is 56.2 Å². The Hall–Kier alpha value is -2.38. The van der Waals surface area contributed by atoms with E-state index in [-0.39, 0.29) is 6.42 Å². The zero-order chi connectivity index (χ0) is 19.8. The summed E-state index contributed by atoms with van der Waals surface area (Å²) in [5.74, 6) is 0.468. The van der Waals surface area contributed by atoms with Crippen molar-refractivity contribution < 1.29 is 14.3 Å². The lowest BCUT2D eigenvalue weighted by molar-refractivity contribution is -0.137. The Balaban J connectivity index is 1.82. The van der Waals surface area contributed by atoms with Gasteiger partial charge in [0.2, 0.25) is 0 Å². The molecule has 0 amide bonds. The molecule has 1 aromatic carbocycles. The van der Waals surface area contributed by atoms with Gasteiger partial charge in [0.15, 0.2) is 5.11 Å². The lowest BCUT2D eigenvalue weighted by atomic mass is 10.1. The molecule has 0 aliphatic rings. The first-order chi connectivity index (χ1) is 12.8. The first-order valence-corrected chi connectivity index (χ1v) is 9.28. The summed E-state index contributed by atoms with van der Waals surface area (Å²) in [6, 6.07) is 9.49. The van der Waals surface area contributed by atoms with E-state index < -0.39 is 5.97 Å². The number of benzene rings is 1. The van der Waals surface area contributed by atoms with Crippen molar-refractivity contribution in [3.8, 4) is 0 Å². The molecule has 0 atom stereocenters. The zero-order valence-corrected chi connectivity index (χ0v) is 16.8. The Morgan fingerprint density at radius 1 is 1.30 bits per heavy atom. The molecule has 3 N–H and O–H groups in total. The van der Waals surface area contributed by atoms with E-state index in [9.17, 15) is 4.79 Å². The van der Waals surface area contributed by atoms with E-state index in [0.29, 0.717) is 35.3 Å². The molecular weight excluding hydrogens is 386 g/mol. The average molecular weight is 408 g/mol. The van der Waals surface area contributed by atoms with E-state index >= 15 is 0 Å². The molecule has 1 heterocycles. The molecule has 0 aliphatic carbocycles. The predicted molar refractivity (Wildman–Crippen MR) is 111 cm³/mol. The number of aryl methyl sites for hydroxylation is 2. The smallest absolute Gasteiger partial charge is 0.303 e. The van der Waals surface area contributed by atoms with Crippen LogP contribution in [0, 0.1) is 6.92 Å². The van der Waals surface area contributed by atoms with Crippen molar-refractivity contribution in [1.82, 2.24) is 10.7 Å². The van der Waals surface area contributed by atoms with Crippen LogP contribution in [0.4, 0.5) is 0 Å². The van der Waals surface area contributed by atoms with Gasteiger partial charge < -0.3 is 14.8 Å². The second kappa shape index (κ2) is 10.1. The Bertz CT molecular complexity index is 831. The van der Waals surface area contributed by atoms with E-state index in [2.05, 4.69) is 15.8 Å². The lowest BCUT2D eigenvalue weighted by Gasteiger charge is -2.08. The largest absolute Gasteiger partial charge is 0.481 e. The number of rotatable bonds is 8. The summed E-state index contributed by atoms with van der Waals surface area (Å²) in [6.07, 6.45) is 1.19. The molecule has 1 aromatic heterocycles. The number of hydrazone groups is 1. The van der Waals surface area contributed by atoms with Gasteiger partial charge in [0.1, 0.15) is 11.5 Å². The van der Waals surface area contributed by atoms with Gasteiger partial charge in [-0.15, -0.1) is 0 Å². The SMILES string of the molecule is C/C(=N/NC(=S)NCCc1ccc(Cl)cc1)c1cc(CCC(=O)O)oc1C. The molecule has 8 heteroatoms. The predicted octanol–water partition coefficient (Wildman–Crippen LogP) is 3.69. The minimum Gasteiger partial charge on any atom is -0.481 e. The van der Waals surface area contributed by atoms with E-state index in [1.807, 2.05) is 44.2 Å². The zero-order valence-electron chi connectivity index (χ0n) is 15.2. The maximum Gasteiger partial charge on any atom is 0.303 e. The maximum absolute atomic E-state index is 10.7. The van der Waals surface area contributed by atoms with Gasteiger partial charge in [0.05, 0.1) is 12.1 Å². The average Bonchev–Trinajstić information content (AvgIpc) is 3.00.